The van der Waals surface area contributed by atoms with Gasteiger partial charge >= 0.3 is 0 Å². The number of ether oxygens (including phenoxy) is 1. The van der Waals surface area contributed by atoms with Gasteiger partial charge in [-0.2, -0.15) is 0 Å². The second-order valence-corrected chi connectivity index (χ2v) is 6.56. The fourth-order valence-corrected chi connectivity index (χ4v) is 3.36. The van der Waals surface area contributed by atoms with Crippen LogP contribution in [-0.2, 0) is 19.6 Å². The molecule has 24 heavy (non-hydrogen) atoms. The summed E-state index contributed by atoms with van der Waals surface area (Å²) in [6, 6.07) is 14.4. The van der Waals surface area contributed by atoms with Gasteiger partial charge < -0.3 is 15.0 Å². The number of nitrogens with one attached hydrogen (secondary N) is 1. The van der Waals surface area contributed by atoms with Gasteiger partial charge in [0.1, 0.15) is 5.75 Å². The molecule has 4 rings (SSSR count). The molecule has 124 valence electrons. The third kappa shape index (κ3) is 2.89. The van der Waals surface area contributed by atoms with Gasteiger partial charge in [-0.1, -0.05) is 24.3 Å². The lowest BCUT2D eigenvalue weighted by Crippen LogP contribution is -2.32. The quantitative estimate of drug-likeness (QED) is 0.920. The van der Waals surface area contributed by atoms with Crippen molar-refractivity contribution >= 4 is 5.91 Å². The molecular formula is C20H22N2O2. The Balaban J connectivity index is 1.60. The normalized spacial score (nSPS) is 15.9. The van der Waals surface area contributed by atoms with Crippen molar-refractivity contribution in [2.45, 2.75) is 38.5 Å². The van der Waals surface area contributed by atoms with Crippen molar-refractivity contribution in [2.24, 2.45) is 0 Å². The van der Waals surface area contributed by atoms with Crippen molar-refractivity contribution in [3.8, 4) is 5.75 Å². The number of para-hydroxylation sites is 1. The van der Waals surface area contributed by atoms with Crippen molar-refractivity contribution in [2.75, 3.05) is 7.11 Å². The summed E-state index contributed by atoms with van der Waals surface area (Å²) in [7, 11) is 1.68. The van der Waals surface area contributed by atoms with E-state index in [0.717, 1.165) is 42.8 Å². The summed E-state index contributed by atoms with van der Waals surface area (Å²) in [5.41, 5.74) is 4.39. The average Bonchev–Trinajstić information content (AvgIpc) is 3.35. The van der Waals surface area contributed by atoms with E-state index in [4.69, 9.17) is 4.74 Å². The van der Waals surface area contributed by atoms with Gasteiger partial charge in [0.15, 0.2) is 0 Å². The first kappa shape index (κ1) is 15.2. The van der Waals surface area contributed by atoms with E-state index in [0.29, 0.717) is 12.6 Å². The van der Waals surface area contributed by atoms with Crippen molar-refractivity contribution in [1.29, 1.82) is 0 Å². The maximum Gasteiger partial charge on any atom is 0.254 e. The Hall–Kier alpha value is -2.33. The van der Waals surface area contributed by atoms with Crippen LogP contribution >= 0.6 is 0 Å². The van der Waals surface area contributed by atoms with Crippen LogP contribution in [-0.4, -0.2) is 24.0 Å². The topological polar surface area (TPSA) is 41.6 Å². The van der Waals surface area contributed by atoms with Crippen LogP contribution in [0.15, 0.2) is 42.5 Å². The monoisotopic (exact) mass is 322 g/mol. The summed E-state index contributed by atoms with van der Waals surface area (Å²) in [6.07, 6.45) is 2.18. The lowest BCUT2D eigenvalue weighted by molar-refractivity contribution is 0.0728. The van der Waals surface area contributed by atoms with E-state index in [-0.39, 0.29) is 5.91 Å². The molecule has 1 N–H and O–H groups in total. The Bertz CT molecular complexity index is 768. The number of hydrogen-bond donors (Lipinski definition) is 1. The number of benzene rings is 2. The lowest BCUT2D eigenvalue weighted by atomic mass is 10.0. The summed E-state index contributed by atoms with van der Waals surface area (Å²) in [5.74, 6) is 0.965. The average molecular weight is 322 g/mol. The van der Waals surface area contributed by atoms with Crippen molar-refractivity contribution < 1.29 is 9.53 Å². The number of methoxy groups -OCH3 is 1. The molecule has 2 aliphatic rings. The molecule has 0 saturated heterocycles. The first-order valence-electron chi connectivity index (χ1n) is 8.51. The van der Waals surface area contributed by atoms with Crippen LogP contribution in [0.25, 0.3) is 0 Å². The predicted molar refractivity (Wildman–Crippen MR) is 92.9 cm³/mol. The van der Waals surface area contributed by atoms with Crippen LogP contribution < -0.4 is 10.1 Å². The van der Waals surface area contributed by atoms with E-state index in [1.54, 1.807) is 7.11 Å². The van der Waals surface area contributed by atoms with Crippen LogP contribution in [0.5, 0.6) is 5.75 Å². The minimum atomic E-state index is 0.123. The summed E-state index contributed by atoms with van der Waals surface area (Å²) in [5, 5.41) is 3.33. The molecule has 2 aromatic rings. The zero-order chi connectivity index (χ0) is 16.5. The maximum atomic E-state index is 13.1. The van der Waals surface area contributed by atoms with Gasteiger partial charge in [0.05, 0.1) is 7.11 Å². The van der Waals surface area contributed by atoms with E-state index in [2.05, 4.69) is 17.4 Å². The Morgan fingerprint density at radius 3 is 2.75 bits per heavy atom. The van der Waals surface area contributed by atoms with Gasteiger partial charge in [-0.15, -0.1) is 0 Å². The highest BCUT2D eigenvalue weighted by Gasteiger charge is 2.33. The molecule has 0 bridgehead atoms. The van der Waals surface area contributed by atoms with Crippen molar-refractivity contribution in [1.82, 2.24) is 10.2 Å². The molecule has 1 saturated carbocycles. The summed E-state index contributed by atoms with van der Waals surface area (Å²) in [4.78, 5) is 15.1. The largest absolute Gasteiger partial charge is 0.496 e. The SMILES string of the molecule is COc1ccccc1CN(C(=O)c1ccc2c(c1)CNC2)C1CC1. The Morgan fingerprint density at radius 2 is 1.96 bits per heavy atom. The minimum absolute atomic E-state index is 0.123. The Labute approximate surface area is 142 Å². The number of carbonyl (C=O) groups is 1. The molecule has 1 fully saturated rings. The molecule has 4 heteroatoms. The summed E-state index contributed by atoms with van der Waals surface area (Å²) in [6.45, 7) is 2.35. The van der Waals surface area contributed by atoms with Crippen molar-refractivity contribution in [3.05, 3.63) is 64.7 Å². The van der Waals surface area contributed by atoms with Crippen LogP contribution in [0.2, 0.25) is 0 Å². The van der Waals surface area contributed by atoms with Crippen LogP contribution in [0.1, 0.15) is 39.9 Å². The van der Waals surface area contributed by atoms with Gasteiger partial charge in [-0.25, -0.2) is 0 Å². The molecule has 1 aliphatic carbocycles. The predicted octanol–water partition coefficient (Wildman–Crippen LogP) is 3.10. The van der Waals surface area contributed by atoms with Gasteiger partial charge in [-0.05, 0) is 42.2 Å². The number of nitrogens with zero attached hydrogens (tertiary/aromatic N) is 1. The zero-order valence-corrected chi connectivity index (χ0v) is 13.9. The minimum Gasteiger partial charge on any atom is -0.496 e. The van der Waals surface area contributed by atoms with E-state index in [9.17, 15) is 4.79 Å². The van der Waals surface area contributed by atoms with Gasteiger partial charge in [-0.3, -0.25) is 4.79 Å². The number of amides is 1. The molecule has 0 radical (unpaired) electrons. The smallest absolute Gasteiger partial charge is 0.254 e. The number of fused-ring (bicyclic) bond motifs is 1. The lowest BCUT2D eigenvalue weighted by Gasteiger charge is -2.24. The van der Waals surface area contributed by atoms with E-state index >= 15 is 0 Å². The van der Waals surface area contributed by atoms with E-state index in [1.165, 1.54) is 11.1 Å². The third-order valence-corrected chi connectivity index (χ3v) is 4.87. The van der Waals surface area contributed by atoms with Crippen LogP contribution in [0.3, 0.4) is 0 Å². The highest BCUT2D eigenvalue weighted by molar-refractivity contribution is 5.95. The summed E-state index contributed by atoms with van der Waals surface area (Å²) < 4.78 is 5.45. The number of carbonyl (C=O) groups excluding carboxylic acids is 1. The molecule has 2 aromatic carbocycles. The molecule has 0 unspecified atom stereocenters. The fourth-order valence-electron chi connectivity index (χ4n) is 3.36. The fraction of sp³-hybridized carbons (Fsp3) is 0.350. The van der Waals surface area contributed by atoms with Gasteiger partial charge in [0, 0.05) is 36.8 Å². The third-order valence-electron chi connectivity index (χ3n) is 4.87. The molecule has 0 spiro atoms. The number of rotatable bonds is 5. The van der Waals surface area contributed by atoms with Crippen molar-refractivity contribution in [3.63, 3.8) is 0 Å². The Morgan fingerprint density at radius 1 is 1.17 bits per heavy atom. The Kier molecular flexibility index (Phi) is 3.98. The highest BCUT2D eigenvalue weighted by atomic mass is 16.5. The second kappa shape index (κ2) is 6.29. The molecule has 4 nitrogen and oxygen atoms in total. The summed E-state index contributed by atoms with van der Waals surface area (Å²) >= 11 is 0. The second-order valence-electron chi connectivity index (χ2n) is 6.56. The van der Waals surface area contributed by atoms with E-state index < -0.39 is 0 Å². The standard InChI is InChI=1S/C20H22N2O2/c1-24-19-5-3-2-4-16(19)13-22(18-8-9-18)20(23)14-6-7-15-11-21-12-17(15)10-14/h2-7,10,18,21H,8-9,11-13H2,1H3. The zero-order valence-electron chi connectivity index (χ0n) is 13.9. The maximum absolute atomic E-state index is 13.1. The first-order chi connectivity index (χ1) is 11.8. The molecule has 1 aliphatic heterocycles. The highest BCUT2D eigenvalue weighted by Crippen LogP contribution is 2.32. The number of hydrogen-bond acceptors (Lipinski definition) is 3. The molecule has 0 aromatic heterocycles. The van der Waals surface area contributed by atoms with Crippen LogP contribution in [0, 0.1) is 0 Å². The molecule has 1 heterocycles. The first-order valence-corrected chi connectivity index (χ1v) is 8.51. The van der Waals surface area contributed by atoms with Gasteiger partial charge in [0.25, 0.3) is 5.91 Å². The molecule has 0 atom stereocenters. The van der Waals surface area contributed by atoms with E-state index in [1.807, 2.05) is 35.2 Å². The van der Waals surface area contributed by atoms with Crippen LogP contribution in [0.4, 0.5) is 0 Å². The molecule has 1 amide bonds. The van der Waals surface area contributed by atoms with Gasteiger partial charge in [0.2, 0.25) is 0 Å². The molecular weight excluding hydrogens is 300 g/mol.